The minimum absolute atomic E-state index is 0.0550. The van der Waals surface area contributed by atoms with Crippen LogP contribution in [0.5, 0.6) is 0 Å². The van der Waals surface area contributed by atoms with Crippen LogP contribution >= 0.6 is 11.6 Å². The third-order valence-corrected chi connectivity index (χ3v) is 2.94. The molecule has 1 aliphatic rings. The predicted molar refractivity (Wildman–Crippen MR) is 49.0 cm³/mol. The van der Waals surface area contributed by atoms with E-state index in [0.717, 1.165) is 17.7 Å². The third-order valence-electron chi connectivity index (χ3n) is 2.51. The van der Waals surface area contributed by atoms with Gasteiger partial charge in [0.25, 0.3) is 0 Å². The van der Waals surface area contributed by atoms with Crippen LogP contribution in [-0.2, 0) is 4.79 Å². The Morgan fingerprint density at radius 2 is 2.38 bits per heavy atom. The molecule has 70 valence electrons. The number of H-pyrrole nitrogens is 1. The second-order valence-corrected chi connectivity index (χ2v) is 3.81. The molecule has 0 radical (unpaired) electrons. The van der Waals surface area contributed by atoms with Crippen LogP contribution in [0.25, 0.3) is 0 Å². The molecule has 0 aliphatic heterocycles. The van der Waals surface area contributed by atoms with E-state index < -0.39 is 5.97 Å². The normalized spacial score (nSPS) is 26.8. The molecular formula is C9H10ClNO2. The van der Waals surface area contributed by atoms with Gasteiger partial charge in [-0.3, -0.25) is 4.79 Å². The van der Waals surface area contributed by atoms with Gasteiger partial charge in [-0.15, -0.1) is 11.6 Å². The number of aromatic nitrogens is 1. The summed E-state index contributed by atoms with van der Waals surface area (Å²) >= 11 is 6.03. The number of carbonyl (C=O) groups is 1. The van der Waals surface area contributed by atoms with E-state index >= 15 is 0 Å². The molecule has 0 spiro atoms. The van der Waals surface area contributed by atoms with E-state index in [2.05, 4.69) is 4.98 Å². The Balaban J connectivity index is 2.40. The topological polar surface area (TPSA) is 53.1 Å². The molecule has 2 unspecified atom stereocenters. The molecule has 2 atom stereocenters. The summed E-state index contributed by atoms with van der Waals surface area (Å²) < 4.78 is 0. The molecule has 1 heterocycles. The lowest BCUT2D eigenvalue weighted by molar-refractivity contribution is -0.139. The fraction of sp³-hybridized carbons (Fsp3) is 0.444. The fourth-order valence-electron chi connectivity index (χ4n) is 1.84. The van der Waals surface area contributed by atoms with Gasteiger partial charge in [-0.1, -0.05) is 0 Å². The van der Waals surface area contributed by atoms with Gasteiger partial charge in [0.2, 0.25) is 0 Å². The van der Waals surface area contributed by atoms with Gasteiger partial charge >= 0.3 is 5.97 Å². The number of halogens is 1. The summed E-state index contributed by atoms with van der Waals surface area (Å²) in [6, 6.07) is 1.81. The zero-order valence-electron chi connectivity index (χ0n) is 6.96. The average Bonchev–Trinajstić information content (AvgIpc) is 2.53. The first-order valence-corrected chi connectivity index (χ1v) is 4.68. The molecule has 0 aromatic carbocycles. The van der Waals surface area contributed by atoms with Gasteiger partial charge in [0.05, 0.1) is 11.3 Å². The molecule has 1 aliphatic carbocycles. The molecule has 2 N–H and O–H groups in total. The second kappa shape index (κ2) is 3.07. The smallest absolute Gasteiger partial charge is 0.311 e. The lowest BCUT2D eigenvalue weighted by Crippen LogP contribution is -2.18. The van der Waals surface area contributed by atoms with E-state index in [1.165, 1.54) is 0 Å². The first kappa shape index (κ1) is 8.63. The minimum Gasteiger partial charge on any atom is -0.481 e. The molecule has 3 nitrogen and oxygen atoms in total. The van der Waals surface area contributed by atoms with Crippen molar-refractivity contribution >= 4 is 17.6 Å². The number of alkyl halides is 1. The fourth-order valence-corrected chi connectivity index (χ4v) is 2.15. The number of aliphatic carboxylic acids is 1. The molecule has 4 heteroatoms. The molecule has 0 amide bonds. The van der Waals surface area contributed by atoms with Gasteiger partial charge < -0.3 is 10.1 Å². The van der Waals surface area contributed by atoms with Crippen molar-refractivity contribution in [3.63, 3.8) is 0 Å². The first-order chi connectivity index (χ1) is 6.20. The largest absolute Gasteiger partial charge is 0.481 e. The number of hydrogen-bond acceptors (Lipinski definition) is 1. The second-order valence-electron chi connectivity index (χ2n) is 3.28. The molecule has 2 rings (SSSR count). The Kier molecular flexibility index (Phi) is 2.04. The molecule has 0 bridgehead atoms. The standard InChI is InChI=1S/C9H10ClNO2/c10-7-2-1-6(9(12)13)5-3-4-11-8(5)7/h3-4,6-7,11H,1-2H2,(H,12,13). The van der Waals surface area contributed by atoms with Crippen LogP contribution in [0.2, 0.25) is 0 Å². The lowest BCUT2D eigenvalue weighted by atomic mass is 9.87. The maximum Gasteiger partial charge on any atom is 0.311 e. The molecule has 0 saturated carbocycles. The maximum absolute atomic E-state index is 10.9. The molecule has 0 saturated heterocycles. The molecular weight excluding hydrogens is 190 g/mol. The number of aromatic amines is 1. The Morgan fingerprint density at radius 1 is 1.62 bits per heavy atom. The van der Waals surface area contributed by atoms with E-state index in [1.807, 2.05) is 6.07 Å². The molecule has 1 aromatic rings. The zero-order chi connectivity index (χ0) is 9.42. The van der Waals surface area contributed by atoms with Crippen LogP contribution in [0.1, 0.15) is 35.4 Å². The van der Waals surface area contributed by atoms with Crippen LogP contribution in [0.3, 0.4) is 0 Å². The van der Waals surface area contributed by atoms with E-state index in [9.17, 15) is 4.79 Å². The van der Waals surface area contributed by atoms with E-state index in [0.29, 0.717) is 6.42 Å². The highest BCUT2D eigenvalue weighted by atomic mass is 35.5. The first-order valence-electron chi connectivity index (χ1n) is 4.24. The van der Waals surface area contributed by atoms with Crippen molar-refractivity contribution in [3.05, 3.63) is 23.5 Å². The van der Waals surface area contributed by atoms with Crippen LogP contribution in [0, 0.1) is 0 Å². The summed E-state index contributed by atoms with van der Waals surface area (Å²) in [5.41, 5.74) is 1.72. The molecule has 0 fully saturated rings. The Labute approximate surface area is 80.7 Å². The number of carboxylic acids is 1. The quantitative estimate of drug-likeness (QED) is 0.682. The van der Waals surface area contributed by atoms with Gasteiger partial charge in [-0.25, -0.2) is 0 Å². The SMILES string of the molecule is O=C(O)C1CCC(Cl)c2[nH]ccc21. The summed E-state index contributed by atoms with van der Waals surface area (Å²) in [6.45, 7) is 0. The van der Waals surface area contributed by atoms with Crippen molar-refractivity contribution in [2.24, 2.45) is 0 Å². The number of rotatable bonds is 1. The van der Waals surface area contributed by atoms with Crippen LogP contribution in [0.4, 0.5) is 0 Å². The Morgan fingerprint density at radius 3 is 3.08 bits per heavy atom. The highest BCUT2D eigenvalue weighted by Crippen LogP contribution is 2.40. The monoisotopic (exact) mass is 199 g/mol. The van der Waals surface area contributed by atoms with Crippen molar-refractivity contribution in [2.75, 3.05) is 0 Å². The summed E-state index contributed by atoms with van der Waals surface area (Å²) in [6.07, 6.45) is 3.11. The molecule has 1 aromatic heterocycles. The minimum atomic E-state index is -0.760. The van der Waals surface area contributed by atoms with Gasteiger partial charge in [-0.05, 0) is 24.5 Å². The Bertz CT molecular complexity index is 334. The number of nitrogens with one attached hydrogen (secondary N) is 1. The maximum atomic E-state index is 10.9. The van der Waals surface area contributed by atoms with Crippen LogP contribution in [-0.4, -0.2) is 16.1 Å². The number of carboxylic acid groups (broad SMARTS) is 1. The van der Waals surface area contributed by atoms with Crippen LogP contribution < -0.4 is 0 Å². The lowest BCUT2D eigenvalue weighted by Gasteiger charge is -2.22. The van der Waals surface area contributed by atoms with Crippen molar-refractivity contribution < 1.29 is 9.90 Å². The number of hydrogen-bond donors (Lipinski definition) is 2. The van der Waals surface area contributed by atoms with Gasteiger partial charge in [0.15, 0.2) is 0 Å². The van der Waals surface area contributed by atoms with Gasteiger partial charge in [0, 0.05) is 11.9 Å². The summed E-state index contributed by atoms with van der Waals surface area (Å²) in [4.78, 5) is 13.9. The average molecular weight is 200 g/mol. The summed E-state index contributed by atoms with van der Waals surface area (Å²) in [5.74, 6) is -1.14. The van der Waals surface area contributed by atoms with E-state index in [-0.39, 0.29) is 11.3 Å². The van der Waals surface area contributed by atoms with Crippen molar-refractivity contribution in [2.45, 2.75) is 24.1 Å². The summed E-state index contributed by atoms with van der Waals surface area (Å²) in [7, 11) is 0. The van der Waals surface area contributed by atoms with E-state index in [1.54, 1.807) is 6.20 Å². The van der Waals surface area contributed by atoms with Crippen molar-refractivity contribution in [1.29, 1.82) is 0 Å². The van der Waals surface area contributed by atoms with Crippen molar-refractivity contribution in [3.8, 4) is 0 Å². The third kappa shape index (κ3) is 1.33. The zero-order valence-corrected chi connectivity index (χ0v) is 7.71. The van der Waals surface area contributed by atoms with Gasteiger partial charge in [0.1, 0.15) is 0 Å². The van der Waals surface area contributed by atoms with Gasteiger partial charge in [-0.2, -0.15) is 0 Å². The highest BCUT2D eigenvalue weighted by molar-refractivity contribution is 6.20. The van der Waals surface area contributed by atoms with E-state index in [4.69, 9.17) is 16.7 Å². The summed E-state index contributed by atoms with van der Waals surface area (Å²) in [5, 5.41) is 8.88. The molecule has 13 heavy (non-hydrogen) atoms. The number of fused-ring (bicyclic) bond motifs is 1. The van der Waals surface area contributed by atoms with Crippen molar-refractivity contribution in [1.82, 2.24) is 4.98 Å². The highest BCUT2D eigenvalue weighted by Gasteiger charge is 2.31. The van der Waals surface area contributed by atoms with Crippen LogP contribution in [0.15, 0.2) is 12.3 Å². The predicted octanol–water partition coefficient (Wildman–Crippen LogP) is 2.26. The Hall–Kier alpha value is -0.960.